The number of hydrogen-bond acceptors (Lipinski definition) is 3. The van der Waals surface area contributed by atoms with Crippen molar-refractivity contribution in [1.29, 1.82) is 0 Å². The molecule has 0 fully saturated rings. The zero-order valence-electron chi connectivity index (χ0n) is 11.2. The van der Waals surface area contributed by atoms with Gasteiger partial charge in [0.25, 0.3) is 0 Å². The van der Waals surface area contributed by atoms with Crippen LogP contribution in [-0.4, -0.2) is 30.5 Å². The third-order valence-electron chi connectivity index (χ3n) is 3.02. The summed E-state index contributed by atoms with van der Waals surface area (Å²) in [6, 6.07) is 8.12. The summed E-state index contributed by atoms with van der Waals surface area (Å²) in [6.07, 6.45) is 0.873. The van der Waals surface area contributed by atoms with Crippen LogP contribution in [0.15, 0.2) is 24.3 Å². The van der Waals surface area contributed by atoms with Crippen molar-refractivity contribution < 1.29 is 9.84 Å². The van der Waals surface area contributed by atoms with Gasteiger partial charge in [-0.05, 0) is 38.8 Å². The molecule has 2 N–H and O–H groups in total. The molecule has 3 heteroatoms. The predicted molar refractivity (Wildman–Crippen MR) is 71.4 cm³/mol. The van der Waals surface area contributed by atoms with Crippen LogP contribution >= 0.6 is 0 Å². The Labute approximate surface area is 104 Å². The minimum atomic E-state index is -0.742. The van der Waals surface area contributed by atoms with Gasteiger partial charge >= 0.3 is 0 Å². The number of nitrogens with one attached hydrogen (secondary N) is 1. The smallest absolute Gasteiger partial charge is 0.0789 e. The number of methoxy groups -OCH3 is 1. The van der Waals surface area contributed by atoms with E-state index in [0.717, 1.165) is 12.1 Å². The van der Waals surface area contributed by atoms with Gasteiger partial charge in [-0.25, -0.2) is 0 Å². The molecule has 0 heterocycles. The molecular formula is C14H23NO2. The molecule has 0 amide bonds. The average molecular weight is 237 g/mol. The minimum absolute atomic E-state index is 0.00815. The largest absolute Gasteiger partial charge is 0.388 e. The van der Waals surface area contributed by atoms with E-state index in [1.807, 2.05) is 39.0 Å². The van der Waals surface area contributed by atoms with E-state index in [1.165, 1.54) is 5.56 Å². The quantitative estimate of drug-likeness (QED) is 0.798. The van der Waals surface area contributed by atoms with Crippen LogP contribution in [0.25, 0.3) is 0 Å². The summed E-state index contributed by atoms with van der Waals surface area (Å²) in [7, 11) is 1.70. The van der Waals surface area contributed by atoms with E-state index in [4.69, 9.17) is 4.74 Å². The molecule has 0 saturated carbocycles. The van der Waals surface area contributed by atoms with E-state index in [-0.39, 0.29) is 6.04 Å². The number of benzene rings is 1. The summed E-state index contributed by atoms with van der Waals surface area (Å²) in [5.74, 6) is 0. The predicted octanol–water partition coefficient (Wildman–Crippen LogP) is 2.45. The Kier molecular flexibility index (Phi) is 4.97. The Hall–Kier alpha value is -1.06. The molecule has 0 aliphatic rings. The van der Waals surface area contributed by atoms with Gasteiger partial charge in [0.1, 0.15) is 0 Å². The van der Waals surface area contributed by atoms with Crippen molar-refractivity contribution >= 4 is 5.69 Å². The Bertz CT molecular complexity index is 344. The van der Waals surface area contributed by atoms with Gasteiger partial charge in [-0.3, -0.25) is 0 Å². The fourth-order valence-electron chi connectivity index (χ4n) is 1.50. The molecule has 0 aromatic heterocycles. The van der Waals surface area contributed by atoms with Crippen molar-refractivity contribution in [3.63, 3.8) is 0 Å². The molecule has 0 spiro atoms. The van der Waals surface area contributed by atoms with E-state index < -0.39 is 5.60 Å². The van der Waals surface area contributed by atoms with E-state index in [9.17, 15) is 5.11 Å². The first-order valence-electron chi connectivity index (χ1n) is 6.01. The third kappa shape index (κ3) is 4.36. The number of aliphatic hydroxyl groups is 1. The van der Waals surface area contributed by atoms with Gasteiger partial charge in [0.15, 0.2) is 0 Å². The van der Waals surface area contributed by atoms with E-state index >= 15 is 0 Å². The number of para-hydroxylation sites is 1. The SMILES string of the molecule is COCCc1ccccc1NC(C)C(C)(C)O. The second kappa shape index (κ2) is 6.03. The van der Waals surface area contributed by atoms with Crippen molar-refractivity contribution in [1.82, 2.24) is 0 Å². The molecule has 1 rings (SSSR count). The van der Waals surface area contributed by atoms with Gasteiger partial charge in [-0.15, -0.1) is 0 Å². The second-order valence-electron chi connectivity index (χ2n) is 4.92. The number of ether oxygens (including phenoxy) is 1. The van der Waals surface area contributed by atoms with Gasteiger partial charge in [0.2, 0.25) is 0 Å². The summed E-state index contributed by atoms with van der Waals surface area (Å²) in [4.78, 5) is 0. The second-order valence-corrected chi connectivity index (χ2v) is 4.92. The van der Waals surface area contributed by atoms with Crippen molar-refractivity contribution in [2.45, 2.75) is 38.8 Å². The number of rotatable bonds is 6. The van der Waals surface area contributed by atoms with Gasteiger partial charge in [0.05, 0.1) is 18.2 Å². The minimum Gasteiger partial charge on any atom is -0.388 e. The highest BCUT2D eigenvalue weighted by Crippen LogP contribution is 2.20. The van der Waals surface area contributed by atoms with Crippen molar-refractivity contribution in [2.24, 2.45) is 0 Å². The van der Waals surface area contributed by atoms with Crippen molar-refractivity contribution in [3.8, 4) is 0 Å². The molecule has 3 nitrogen and oxygen atoms in total. The summed E-state index contributed by atoms with van der Waals surface area (Å²) in [5, 5.41) is 13.3. The van der Waals surface area contributed by atoms with Gasteiger partial charge in [-0.2, -0.15) is 0 Å². The van der Waals surface area contributed by atoms with E-state index in [1.54, 1.807) is 7.11 Å². The van der Waals surface area contributed by atoms with Crippen LogP contribution in [0.1, 0.15) is 26.3 Å². The van der Waals surface area contributed by atoms with Crippen LogP contribution in [0.3, 0.4) is 0 Å². The van der Waals surface area contributed by atoms with Crippen LogP contribution < -0.4 is 5.32 Å². The maximum Gasteiger partial charge on any atom is 0.0789 e. The van der Waals surface area contributed by atoms with Crippen molar-refractivity contribution in [3.05, 3.63) is 29.8 Å². The van der Waals surface area contributed by atoms with Crippen molar-refractivity contribution in [2.75, 3.05) is 19.0 Å². The maximum atomic E-state index is 9.93. The molecule has 96 valence electrons. The summed E-state index contributed by atoms with van der Waals surface area (Å²) < 4.78 is 5.10. The standard InChI is InChI=1S/C14H23NO2/c1-11(14(2,3)16)15-13-8-6-5-7-12(13)9-10-17-4/h5-8,11,15-16H,9-10H2,1-4H3. The van der Waals surface area contributed by atoms with Gasteiger partial charge < -0.3 is 15.2 Å². The van der Waals surface area contributed by atoms with Crippen LogP contribution in [0.5, 0.6) is 0 Å². The maximum absolute atomic E-state index is 9.93. The van der Waals surface area contributed by atoms with Crippen LogP contribution in [0.2, 0.25) is 0 Å². The zero-order chi connectivity index (χ0) is 12.9. The number of anilines is 1. The fraction of sp³-hybridized carbons (Fsp3) is 0.571. The van der Waals surface area contributed by atoms with Crippen LogP contribution in [0, 0.1) is 0 Å². The molecule has 0 aliphatic heterocycles. The molecule has 17 heavy (non-hydrogen) atoms. The Morgan fingerprint density at radius 2 is 2.00 bits per heavy atom. The molecular weight excluding hydrogens is 214 g/mol. The molecule has 1 unspecified atom stereocenters. The Morgan fingerprint density at radius 1 is 1.35 bits per heavy atom. The summed E-state index contributed by atoms with van der Waals surface area (Å²) in [6.45, 7) is 6.30. The first-order valence-corrected chi connectivity index (χ1v) is 6.01. The molecule has 1 aromatic rings. The third-order valence-corrected chi connectivity index (χ3v) is 3.02. The molecule has 0 radical (unpaired) electrons. The first-order chi connectivity index (χ1) is 7.95. The summed E-state index contributed by atoms with van der Waals surface area (Å²) in [5.41, 5.74) is 1.54. The van der Waals surface area contributed by atoms with E-state index in [2.05, 4.69) is 11.4 Å². The van der Waals surface area contributed by atoms with Crippen LogP contribution in [0.4, 0.5) is 5.69 Å². The number of hydrogen-bond donors (Lipinski definition) is 2. The fourth-order valence-corrected chi connectivity index (χ4v) is 1.50. The highest BCUT2D eigenvalue weighted by atomic mass is 16.5. The summed E-state index contributed by atoms with van der Waals surface area (Å²) >= 11 is 0. The lowest BCUT2D eigenvalue weighted by Crippen LogP contribution is -2.39. The molecule has 1 aromatic carbocycles. The van der Waals surface area contributed by atoms with E-state index in [0.29, 0.717) is 6.61 Å². The topological polar surface area (TPSA) is 41.5 Å². The first kappa shape index (κ1) is 14.0. The zero-order valence-corrected chi connectivity index (χ0v) is 11.2. The Morgan fingerprint density at radius 3 is 2.59 bits per heavy atom. The van der Waals surface area contributed by atoms with Gasteiger partial charge in [-0.1, -0.05) is 18.2 Å². The lowest BCUT2D eigenvalue weighted by Gasteiger charge is -2.28. The average Bonchev–Trinajstić information content (AvgIpc) is 2.26. The highest BCUT2D eigenvalue weighted by molar-refractivity contribution is 5.52. The highest BCUT2D eigenvalue weighted by Gasteiger charge is 2.22. The monoisotopic (exact) mass is 237 g/mol. The molecule has 0 aliphatic carbocycles. The van der Waals surface area contributed by atoms with Gasteiger partial charge in [0, 0.05) is 12.8 Å². The molecule has 0 bridgehead atoms. The Balaban J connectivity index is 2.76. The van der Waals surface area contributed by atoms with Crippen LogP contribution in [-0.2, 0) is 11.2 Å². The molecule has 0 saturated heterocycles. The lowest BCUT2D eigenvalue weighted by atomic mass is 9.99. The lowest BCUT2D eigenvalue weighted by molar-refractivity contribution is 0.0649. The molecule has 1 atom stereocenters. The normalized spacial score (nSPS) is 13.5.